The Bertz CT molecular complexity index is 686. The van der Waals surface area contributed by atoms with Gasteiger partial charge in [-0.25, -0.2) is 0 Å². The molecule has 1 saturated carbocycles. The summed E-state index contributed by atoms with van der Waals surface area (Å²) in [5.41, 5.74) is 7.22. The van der Waals surface area contributed by atoms with Crippen LogP contribution in [-0.4, -0.2) is 52.8 Å². The largest absolute Gasteiger partial charge is 0.339 e. The van der Waals surface area contributed by atoms with Gasteiger partial charge in [-0.2, -0.15) is 0 Å². The minimum Gasteiger partial charge on any atom is -0.339 e. The molecule has 2 aliphatic rings. The highest BCUT2D eigenvalue weighted by atomic mass is 35.5. The summed E-state index contributed by atoms with van der Waals surface area (Å²) in [6.45, 7) is 5.20. The molecule has 1 aromatic carbocycles. The van der Waals surface area contributed by atoms with Gasteiger partial charge in [0.15, 0.2) is 0 Å². The van der Waals surface area contributed by atoms with E-state index in [1.807, 2.05) is 43.0 Å². The minimum absolute atomic E-state index is 0.0162. The lowest BCUT2D eigenvalue weighted by Crippen LogP contribution is -2.50. The Kier molecular flexibility index (Phi) is 7.00. The maximum absolute atomic E-state index is 12.9. The molecule has 3 rings (SSSR count). The third kappa shape index (κ3) is 4.87. The van der Waals surface area contributed by atoms with Gasteiger partial charge in [-0.1, -0.05) is 50.4 Å². The number of nitrogens with zero attached hydrogens (tertiary/aromatic N) is 2. The van der Waals surface area contributed by atoms with E-state index < -0.39 is 6.04 Å². The molecule has 1 heterocycles. The number of carbonyl (C=O) groups excluding carboxylic acids is 2. The molecule has 2 N–H and O–H groups in total. The fraction of sp³-hybridized carbons (Fsp3) is 0.636. The van der Waals surface area contributed by atoms with Gasteiger partial charge in [0.2, 0.25) is 11.8 Å². The summed E-state index contributed by atoms with van der Waals surface area (Å²) in [5, 5.41) is 0.674. The second-order valence-corrected chi connectivity index (χ2v) is 8.94. The summed E-state index contributed by atoms with van der Waals surface area (Å²) in [5.74, 6) is 0.176. The van der Waals surface area contributed by atoms with Gasteiger partial charge in [0.05, 0.1) is 12.1 Å². The van der Waals surface area contributed by atoms with Gasteiger partial charge >= 0.3 is 0 Å². The topological polar surface area (TPSA) is 66.6 Å². The van der Waals surface area contributed by atoms with Gasteiger partial charge < -0.3 is 15.5 Å². The van der Waals surface area contributed by atoms with Crippen LogP contribution in [0.5, 0.6) is 0 Å². The van der Waals surface area contributed by atoms with Crippen molar-refractivity contribution < 1.29 is 9.59 Å². The number of likely N-dealkylation sites (tertiary alicyclic amines) is 1. The number of hydrogen-bond donors (Lipinski definition) is 1. The van der Waals surface area contributed by atoms with Gasteiger partial charge in [0.1, 0.15) is 0 Å². The predicted molar refractivity (Wildman–Crippen MR) is 112 cm³/mol. The molecule has 0 radical (unpaired) electrons. The van der Waals surface area contributed by atoms with Crippen molar-refractivity contribution in [3.63, 3.8) is 0 Å². The van der Waals surface area contributed by atoms with E-state index in [1.54, 1.807) is 0 Å². The predicted octanol–water partition coefficient (Wildman–Crippen LogP) is 3.24. The first-order valence-electron chi connectivity index (χ1n) is 10.5. The first kappa shape index (κ1) is 21.1. The zero-order valence-corrected chi connectivity index (χ0v) is 17.7. The Morgan fingerprint density at radius 1 is 1.14 bits per heavy atom. The smallest absolute Gasteiger partial charge is 0.239 e. The maximum atomic E-state index is 12.9. The molecule has 2 unspecified atom stereocenters. The van der Waals surface area contributed by atoms with E-state index in [0.29, 0.717) is 30.6 Å². The first-order chi connectivity index (χ1) is 13.4. The van der Waals surface area contributed by atoms with E-state index in [-0.39, 0.29) is 23.8 Å². The molecule has 2 amide bonds. The highest BCUT2D eigenvalue weighted by Gasteiger charge is 2.39. The highest BCUT2D eigenvalue weighted by Crippen LogP contribution is 2.30. The van der Waals surface area contributed by atoms with Crippen LogP contribution in [0.2, 0.25) is 5.02 Å². The van der Waals surface area contributed by atoms with Crippen LogP contribution in [-0.2, 0) is 16.0 Å². The van der Waals surface area contributed by atoms with Crippen LogP contribution in [0, 0.1) is 5.92 Å². The lowest BCUT2D eigenvalue weighted by molar-refractivity contribution is -0.140. The van der Waals surface area contributed by atoms with Crippen LogP contribution in [0.25, 0.3) is 0 Å². The molecule has 1 aliphatic carbocycles. The first-order valence-corrected chi connectivity index (χ1v) is 10.9. The van der Waals surface area contributed by atoms with Crippen LogP contribution in [0.4, 0.5) is 0 Å². The van der Waals surface area contributed by atoms with E-state index in [0.717, 1.165) is 24.8 Å². The zero-order valence-electron chi connectivity index (χ0n) is 16.9. The molecule has 28 heavy (non-hydrogen) atoms. The van der Waals surface area contributed by atoms with E-state index in [2.05, 4.69) is 4.90 Å². The number of nitrogens with two attached hydrogens (primary N) is 1. The summed E-state index contributed by atoms with van der Waals surface area (Å²) >= 11 is 5.92. The van der Waals surface area contributed by atoms with Crippen molar-refractivity contribution in [1.29, 1.82) is 0 Å². The maximum Gasteiger partial charge on any atom is 0.239 e. The Morgan fingerprint density at radius 2 is 1.79 bits per heavy atom. The van der Waals surface area contributed by atoms with Crippen LogP contribution in [0.3, 0.4) is 0 Å². The fourth-order valence-corrected chi connectivity index (χ4v) is 4.63. The number of amides is 2. The average molecular weight is 406 g/mol. The third-order valence-electron chi connectivity index (χ3n) is 6.02. The fourth-order valence-electron chi connectivity index (χ4n) is 4.50. The standard InChI is InChI=1S/C22H32ClN3O2/c1-15(2)21(27)26(18-5-3-4-6-18)19-11-12-25(14-19)22(28)20(24)13-16-7-9-17(23)10-8-16/h7-10,15,18-20H,3-6,11-14,24H2,1-2H3. The summed E-state index contributed by atoms with van der Waals surface area (Å²) in [6, 6.07) is 7.33. The summed E-state index contributed by atoms with van der Waals surface area (Å²) in [7, 11) is 0. The second-order valence-electron chi connectivity index (χ2n) is 8.50. The molecule has 5 nitrogen and oxygen atoms in total. The average Bonchev–Trinajstić information content (AvgIpc) is 3.36. The van der Waals surface area contributed by atoms with Crippen molar-refractivity contribution in [3.8, 4) is 0 Å². The monoisotopic (exact) mass is 405 g/mol. The Labute approximate surface area is 173 Å². The molecule has 2 atom stereocenters. The molecule has 0 spiro atoms. The van der Waals surface area contributed by atoms with E-state index in [4.69, 9.17) is 17.3 Å². The number of halogens is 1. The van der Waals surface area contributed by atoms with Crippen LogP contribution < -0.4 is 5.73 Å². The van der Waals surface area contributed by atoms with Crippen molar-refractivity contribution >= 4 is 23.4 Å². The lowest BCUT2D eigenvalue weighted by Gasteiger charge is -2.36. The number of benzene rings is 1. The number of hydrogen-bond acceptors (Lipinski definition) is 3. The SMILES string of the molecule is CC(C)C(=O)N(C1CCCC1)C1CCN(C(=O)C(N)Cc2ccc(Cl)cc2)C1. The minimum atomic E-state index is -0.569. The molecule has 2 fully saturated rings. The van der Waals surface area contributed by atoms with Crippen molar-refractivity contribution in [2.75, 3.05) is 13.1 Å². The van der Waals surface area contributed by atoms with E-state index in [9.17, 15) is 9.59 Å². The highest BCUT2D eigenvalue weighted by molar-refractivity contribution is 6.30. The van der Waals surface area contributed by atoms with Crippen LogP contribution in [0.15, 0.2) is 24.3 Å². The van der Waals surface area contributed by atoms with E-state index in [1.165, 1.54) is 12.8 Å². The van der Waals surface area contributed by atoms with Crippen LogP contribution >= 0.6 is 11.6 Å². The Hall–Kier alpha value is -1.59. The van der Waals surface area contributed by atoms with Gasteiger partial charge in [-0.15, -0.1) is 0 Å². The summed E-state index contributed by atoms with van der Waals surface area (Å²) in [6.07, 6.45) is 5.88. The second kappa shape index (κ2) is 9.27. The molecule has 1 aliphatic heterocycles. The summed E-state index contributed by atoms with van der Waals surface area (Å²) in [4.78, 5) is 29.7. The van der Waals surface area contributed by atoms with Crippen molar-refractivity contribution in [1.82, 2.24) is 9.80 Å². The van der Waals surface area contributed by atoms with Crippen molar-refractivity contribution in [2.45, 2.75) is 70.5 Å². The Morgan fingerprint density at radius 3 is 2.39 bits per heavy atom. The molecular weight excluding hydrogens is 374 g/mol. The van der Waals surface area contributed by atoms with Gasteiger partial charge in [0, 0.05) is 30.1 Å². The number of carbonyl (C=O) groups is 2. The van der Waals surface area contributed by atoms with Gasteiger partial charge in [-0.3, -0.25) is 9.59 Å². The quantitative estimate of drug-likeness (QED) is 0.790. The molecule has 1 aromatic rings. The van der Waals surface area contributed by atoms with E-state index >= 15 is 0 Å². The van der Waals surface area contributed by atoms with Crippen molar-refractivity contribution in [2.24, 2.45) is 11.7 Å². The normalized spacial score (nSPS) is 21.3. The molecule has 6 heteroatoms. The summed E-state index contributed by atoms with van der Waals surface area (Å²) < 4.78 is 0. The van der Waals surface area contributed by atoms with Gasteiger partial charge in [-0.05, 0) is 43.4 Å². The third-order valence-corrected chi connectivity index (χ3v) is 6.27. The molecule has 154 valence electrons. The molecule has 0 aromatic heterocycles. The number of rotatable bonds is 6. The molecule has 0 bridgehead atoms. The van der Waals surface area contributed by atoms with Gasteiger partial charge in [0.25, 0.3) is 0 Å². The Balaban J connectivity index is 1.62. The molecule has 1 saturated heterocycles. The lowest BCUT2D eigenvalue weighted by atomic mass is 10.0. The zero-order chi connectivity index (χ0) is 20.3. The van der Waals surface area contributed by atoms with Crippen LogP contribution in [0.1, 0.15) is 51.5 Å². The molecular formula is C22H32ClN3O2. The van der Waals surface area contributed by atoms with Crippen molar-refractivity contribution in [3.05, 3.63) is 34.9 Å².